The molecular formula is C15H26ClN5. The van der Waals surface area contributed by atoms with Crippen molar-refractivity contribution in [3.63, 3.8) is 0 Å². The molecule has 0 unspecified atom stereocenters. The third-order valence-corrected chi connectivity index (χ3v) is 4.45. The van der Waals surface area contributed by atoms with E-state index in [2.05, 4.69) is 39.2 Å². The molecule has 0 saturated carbocycles. The number of nitrogens with zero attached hydrogens (tertiary/aromatic N) is 4. The minimum atomic E-state index is 0.496. The van der Waals surface area contributed by atoms with Crippen molar-refractivity contribution in [3.05, 3.63) is 11.5 Å². The first kappa shape index (κ1) is 16.3. The Balaban J connectivity index is 1.88. The predicted molar refractivity (Wildman–Crippen MR) is 89.3 cm³/mol. The molecule has 0 amide bonds. The van der Waals surface area contributed by atoms with E-state index < -0.39 is 0 Å². The summed E-state index contributed by atoms with van der Waals surface area (Å²) in [5, 5.41) is 3.61. The smallest absolute Gasteiger partial charge is 0.157 e. The van der Waals surface area contributed by atoms with Gasteiger partial charge < -0.3 is 15.1 Å². The Hall–Kier alpha value is -1.07. The van der Waals surface area contributed by atoms with E-state index in [4.69, 9.17) is 11.6 Å². The molecule has 1 aromatic rings. The van der Waals surface area contributed by atoms with Crippen LogP contribution in [0.2, 0.25) is 5.15 Å². The van der Waals surface area contributed by atoms with Crippen LogP contribution in [0.15, 0.2) is 6.33 Å². The van der Waals surface area contributed by atoms with E-state index in [0.29, 0.717) is 5.15 Å². The molecule has 2 heterocycles. The van der Waals surface area contributed by atoms with Crippen LogP contribution in [0.3, 0.4) is 0 Å². The lowest BCUT2D eigenvalue weighted by atomic mass is 9.92. The highest BCUT2D eigenvalue weighted by Gasteiger charge is 2.22. The Morgan fingerprint density at radius 1 is 1.33 bits per heavy atom. The highest BCUT2D eigenvalue weighted by molar-refractivity contribution is 6.32. The average molecular weight is 312 g/mol. The zero-order valence-corrected chi connectivity index (χ0v) is 14.0. The van der Waals surface area contributed by atoms with Gasteiger partial charge in [0.05, 0.1) is 0 Å². The molecule has 0 aliphatic carbocycles. The van der Waals surface area contributed by atoms with Gasteiger partial charge >= 0.3 is 0 Å². The van der Waals surface area contributed by atoms with Gasteiger partial charge in [-0.3, -0.25) is 0 Å². The Morgan fingerprint density at radius 2 is 2.05 bits per heavy atom. The van der Waals surface area contributed by atoms with E-state index >= 15 is 0 Å². The van der Waals surface area contributed by atoms with Crippen molar-refractivity contribution < 1.29 is 0 Å². The van der Waals surface area contributed by atoms with Gasteiger partial charge in [0.2, 0.25) is 0 Å². The standard InChI is InChI=1S/C15H26ClN5/c1-17-13-14(16)18-11-19-15(13)21-9-6-12(7-10-21)5-4-8-20(2)3/h11-12,17H,4-10H2,1-3H3. The summed E-state index contributed by atoms with van der Waals surface area (Å²) in [7, 11) is 6.14. The summed E-state index contributed by atoms with van der Waals surface area (Å²) >= 11 is 6.13. The van der Waals surface area contributed by atoms with Crippen LogP contribution in [0.4, 0.5) is 11.5 Å². The largest absolute Gasteiger partial charge is 0.383 e. The van der Waals surface area contributed by atoms with Crippen molar-refractivity contribution in [2.45, 2.75) is 25.7 Å². The Kier molecular flexibility index (Phi) is 6.06. The first-order valence-corrected chi connectivity index (χ1v) is 8.07. The summed E-state index contributed by atoms with van der Waals surface area (Å²) in [5.74, 6) is 1.78. The van der Waals surface area contributed by atoms with Crippen molar-refractivity contribution in [1.82, 2.24) is 14.9 Å². The minimum absolute atomic E-state index is 0.496. The molecule has 0 atom stereocenters. The first-order valence-electron chi connectivity index (χ1n) is 7.69. The lowest BCUT2D eigenvalue weighted by Gasteiger charge is -2.33. The third kappa shape index (κ3) is 4.45. The van der Waals surface area contributed by atoms with E-state index in [9.17, 15) is 0 Å². The van der Waals surface area contributed by atoms with Gasteiger partial charge in [-0.05, 0) is 52.2 Å². The minimum Gasteiger partial charge on any atom is -0.383 e. The molecule has 1 fully saturated rings. The van der Waals surface area contributed by atoms with Crippen LogP contribution in [0.1, 0.15) is 25.7 Å². The van der Waals surface area contributed by atoms with Crippen molar-refractivity contribution >= 4 is 23.1 Å². The molecule has 5 nitrogen and oxygen atoms in total. The first-order chi connectivity index (χ1) is 10.1. The third-order valence-electron chi connectivity index (χ3n) is 4.16. The number of aromatic nitrogens is 2. The summed E-state index contributed by atoms with van der Waals surface area (Å²) in [5.41, 5.74) is 0.838. The average Bonchev–Trinajstić information content (AvgIpc) is 2.47. The number of halogens is 1. The van der Waals surface area contributed by atoms with E-state index in [1.54, 1.807) is 6.33 Å². The molecule has 1 saturated heterocycles. The predicted octanol–water partition coefficient (Wildman–Crippen LogP) is 2.73. The maximum absolute atomic E-state index is 6.13. The molecule has 1 aliphatic heterocycles. The second-order valence-corrected chi connectivity index (χ2v) is 6.35. The molecule has 6 heteroatoms. The van der Waals surface area contributed by atoms with Crippen molar-refractivity contribution in [2.75, 3.05) is 51.0 Å². The Labute approximate surface area is 132 Å². The normalized spacial score (nSPS) is 16.5. The maximum atomic E-state index is 6.13. The summed E-state index contributed by atoms with van der Waals surface area (Å²) < 4.78 is 0. The highest BCUT2D eigenvalue weighted by atomic mass is 35.5. The van der Waals surface area contributed by atoms with Crippen LogP contribution in [-0.2, 0) is 0 Å². The van der Waals surface area contributed by atoms with Gasteiger partial charge in [0.1, 0.15) is 12.0 Å². The molecular weight excluding hydrogens is 286 g/mol. The molecule has 21 heavy (non-hydrogen) atoms. The summed E-state index contributed by atoms with van der Waals surface area (Å²) in [6, 6.07) is 0. The van der Waals surface area contributed by atoms with E-state index in [0.717, 1.165) is 30.5 Å². The zero-order valence-electron chi connectivity index (χ0n) is 13.3. The van der Waals surface area contributed by atoms with Crippen molar-refractivity contribution in [2.24, 2.45) is 5.92 Å². The van der Waals surface area contributed by atoms with Gasteiger partial charge in [-0.25, -0.2) is 9.97 Å². The molecule has 0 aromatic carbocycles. The fourth-order valence-corrected chi connectivity index (χ4v) is 3.16. The molecule has 1 aromatic heterocycles. The van der Waals surface area contributed by atoms with E-state index in [1.807, 2.05) is 7.05 Å². The second-order valence-electron chi connectivity index (χ2n) is 5.99. The Morgan fingerprint density at radius 3 is 2.67 bits per heavy atom. The summed E-state index contributed by atoms with van der Waals surface area (Å²) in [6.45, 7) is 3.29. The van der Waals surface area contributed by atoms with Gasteiger partial charge in [0.15, 0.2) is 11.0 Å². The highest BCUT2D eigenvalue weighted by Crippen LogP contribution is 2.32. The summed E-state index contributed by atoms with van der Waals surface area (Å²) in [6.07, 6.45) is 6.63. The summed E-state index contributed by atoms with van der Waals surface area (Å²) in [4.78, 5) is 13.0. The lowest BCUT2D eigenvalue weighted by molar-refractivity contribution is 0.331. The number of piperidine rings is 1. The molecule has 0 bridgehead atoms. The van der Waals surface area contributed by atoms with Crippen LogP contribution < -0.4 is 10.2 Å². The molecule has 2 rings (SSSR count). The van der Waals surface area contributed by atoms with Crippen molar-refractivity contribution in [3.8, 4) is 0 Å². The number of hydrogen-bond acceptors (Lipinski definition) is 5. The maximum Gasteiger partial charge on any atom is 0.157 e. The van der Waals surface area contributed by atoms with Crippen LogP contribution >= 0.6 is 11.6 Å². The van der Waals surface area contributed by atoms with Gasteiger partial charge in [-0.2, -0.15) is 0 Å². The van der Waals surface area contributed by atoms with Crippen LogP contribution in [0, 0.1) is 5.92 Å². The van der Waals surface area contributed by atoms with Crippen LogP contribution in [-0.4, -0.2) is 55.6 Å². The SMILES string of the molecule is CNc1c(Cl)ncnc1N1CCC(CCCN(C)C)CC1. The Bertz CT molecular complexity index is 444. The quantitative estimate of drug-likeness (QED) is 0.818. The van der Waals surface area contributed by atoms with Gasteiger partial charge in [-0.15, -0.1) is 0 Å². The zero-order chi connectivity index (χ0) is 15.2. The second kappa shape index (κ2) is 7.80. The fraction of sp³-hybridized carbons (Fsp3) is 0.733. The molecule has 0 spiro atoms. The fourth-order valence-electron chi connectivity index (χ4n) is 2.94. The number of nitrogens with one attached hydrogen (secondary N) is 1. The van der Waals surface area contributed by atoms with E-state index in [-0.39, 0.29) is 0 Å². The van der Waals surface area contributed by atoms with Crippen LogP contribution in [0.25, 0.3) is 0 Å². The topological polar surface area (TPSA) is 44.3 Å². The van der Waals surface area contributed by atoms with Gasteiger partial charge in [0.25, 0.3) is 0 Å². The monoisotopic (exact) mass is 311 g/mol. The van der Waals surface area contributed by atoms with Gasteiger partial charge in [0, 0.05) is 20.1 Å². The van der Waals surface area contributed by atoms with Gasteiger partial charge in [-0.1, -0.05) is 11.6 Å². The molecule has 118 valence electrons. The van der Waals surface area contributed by atoms with Crippen LogP contribution in [0.5, 0.6) is 0 Å². The number of anilines is 2. The number of hydrogen-bond donors (Lipinski definition) is 1. The van der Waals surface area contributed by atoms with E-state index in [1.165, 1.54) is 32.2 Å². The molecule has 0 radical (unpaired) electrons. The lowest BCUT2D eigenvalue weighted by Crippen LogP contribution is -2.35. The van der Waals surface area contributed by atoms with Crippen molar-refractivity contribution in [1.29, 1.82) is 0 Å². The number of rotatable bonds is 6. The molecule has 1 aliphatic rings. The molecule has 1 N–H and O–H groups in total.